The lowest BCUT2D eigenvalue weighted by atomic mass is 10.0. The van der Waals surface area contributed by atoms with E-state index >= 15 is 0 Å². The van der Waals surface area contributed by atoms with Gasteiger partial charge in [0.15, 0.2) is 0 Å². The van der Waals surface area contributed by atoms with Crippen molar-refractivity contribution in [2.24, 2.45) is 0 Å². The Morgan fingerprint density at radius 3 is 2.00 bits per heavy atom. The molecule has 6 nitrogen and oxygen atoms in total. The summed E-state index contributed by atoms with van der Waals surface area (Å²) in [5.41, 5.74) is 0.598. The topological polar surface area (TPSA) is 115 Å². The van der Waals surface area contributed by atoms with E-state index in [1.807, 2.05) is 6.08 Å². The highest BCUT2D eigenvalue weighted by atomic mass is 31.2. The number of carboxylic acids is 1. The molecule has 1 aliphatic carbocycles. The van der Waals surface area contributed by atoms with E-state index in [1.165, 1.54) is 0 Å². The zero-order chi connectivity index (χ0) is 11.2. The van der Waals surface area contributed by atoms with Crippen molar-refractivity contribution in [2.75, 3.05) is 0 Å². The van der Waals surface area contributed by atoms with Crippen LogP contribution in [0.25, 0.3) is 0 Å². The smallest absolute Gasteiger partial charge is 0.466 e. The van der Waals surface area contributed by atoms with Gasteiger partial charge in [-0.25, -0.2) is 9.36 Å². The molecule has 0 fully saturated rings. The van der Waals surface area contributed by atoms with Crippen LogP contribution in [0, 0.1) is 0 Å². The number of phosphoric acid groups is 1. The summed E-state index contributed by atoms with van der Waals surface area (Å²) in [6.07, 6.45) is 5.72. The average molecular weight is 224 g/mol. The zero-order valence-corrected chi connectivity index (χ0v) is 8.35. The van der Waals surface area contributed by atoms with E-state index in [4.69, 9.17) is 24.4 Å². The van der Waals surface area contributed by atoms with Crippen molar-refractivity contribution in [1.29, 1.82) is 0 Å². The molecule has 0 aromatic rings. The molecule has 0 amide bonds. The first-order valence-corrected chi connectivity index (χ1v) is 5.58. The van der Waals surface area contributed by atoms with Crippen molar-refractivity contribution in [1.82, 2.24) is 0 Å². The summed E-state index contributed by atoms with van der Waals surface area (Å²) in [7, 11) is -4.64. The minimum Gasteiger partial charge on any atom is -0.478 e. The summed E-state index contributed by atoms with van der Waals surface area (Å²) in [6, 6.07) is 0. The Morgan fingerprint density at radius 1 is 1.29 bits per heavy atom. The lowest BCUT2D eigenvalue weighted by Crippen LogP contribution is -2.03. The van der Waals surface area contributed by atoms with Crippen LogP contribution in [0.2, 0.25) is 0 Å². The van der Waals surface area contributed by atoms with Gasteiger partial charge in [0.05, 0.1) is 0 Å². The first-order chi connectivity index (χ1) is 6.30. The minimum absolute atomic E-state index is 0.598. The Hall–Kier alpha value is -0.680. The Kier molecular flexibility index (Phi) is 5.64. The molecule has 4 N–H and O–H groups in total. The normalized spacial score (nSPS) is 16.4. The number of aliphatic carboxylic acids is 1. The van der Waals surface area contributed by atoms with Gasteiger partial charge in [0, 0.05) is 5.57 Å². The second kappa shape index (κ2) is 5.93. The van der Waals surface area contributed by atoms with Crippen molar-refractivity contribution in [3.63, 3.8) is 0 Å². The monoisotopic (exact) mass is 224 g/mol. The summed E-state index contributed by atoms with van der Waals surface area (Å²) in [6.45, 7) is 0. The first-order valence-electron chi connectivity index (χ1n) is 4.01. The Bertz CT molecular complexity index is 257. The molecule has 0 bridgehead atoms. The summed E-state index contributed by atoms with van der Waals surface area (Å²) >= 11 is 0. The minimum atomic E-state index is -4.64. The van der Waals surface area contributed by atoms with Gasteiger partial charge in [-0.15, -0.1) is 0 Å². The van der Waals surface area contributed by atoms with E-state index in [9.17, 15) is 4.79 Å². The average Bonchev–Trinajstić information content (AvgIpc) is 2.03. The van der Waals surface area contributed by atoms with Crippen molar-refractivity contribution in [2.45, 2.75) is 25.7 Å². The highest BCUT2D eigenvalue weighted by Crippen LogP contribution is 2.25. The number of carboxylic acid groups (broad SMARTS) is 1. The second-order valence-corrected chi connectivity index (χ2v) is 3.82. The Morgan fingerprint density at radius 2 is 1.79 bits per heavy atom. The van der Waals surface area contributed by atoms with Crippen LogP contribution >= 0.6 is 7.82 Å². The fourth-order valence-electron chi connectivity index (χ4n) is 1.03. The predicted molar refractivity (Wildman–Crippen MR) is 48.4 cm³/mol. The maximum Gasteiger partial charge on any atom is 0.466 e. The Balaban J connectivity index is 0.000000292. The third-order valence-corrected chi connectivity index (χ3v) is 1.57. The molecule has 1 aliphatic rings. The van der Waals surface area contributed by atoms with Gasteiger partial charge >= 0.3 is 13.8 Å². The number of hydrogen-bond donors (Lipinski definition) is 4. The maximum atomic E-state index is 10.3. The van der Waals surface area contributed by atoms with E-state index in [0.717, 1.165) is 25.7 Å². The van der Waals surface area contributed by atoms with Crippen LogP contribution < -0.4 is 0 Å². The van der Waals surface area contributed by atoms with Crippen LogP contribution in [0.4, 0.5) is 0 Å². The van der Waals surface area contributed by atoms with Crippen LogP contribution in [0.5, 0.6) is 0 Å². The predicted octanol–water partition coefficient (Wildman–Crippen LogP) is 0.643. The number of allylic oxidation sites excluding steroid dienone is 1. The summed E-state index contributed by atoms with van der Waals surface area (Å²) in [4.78, 5) is 31.8. The van der Waals surface area contributed by atoms with Crippen LogP contribution in [-0.4, -0.2) is 25.8 Å². The molecule has 14 heavy (non-hydrogen) atoms. The van der Waals surface area contributed by atoms with E-state index in [2.05, 4.69) is 0 Å². The molecule has 1 rings (SSSR count). The standard InChI is InChI=1S/C7H10O2.H3O4P/c8-7(9)6-4-2-1-3-5-6;1-5(2,3)4/h4H,1-3,5H2,(H,8,9);(H3,1,2,3,4). The van der Waals surface area contributed by atoms with Gasteiger partial charge in [-0.1, -0.05) is 6.08 Å². The highest BCUT2D eigenvalue weighted by molar-refractivity contribution is 7.45. The van der Waals surface area contributed by atoms with Crippen LogP contribution in [-0.2, 0) is 9.36 Å². The molecule has 0 heterocycles. The molecule has 0 aliphatic heterocycles. The number of carbonyl (C=O) groups is 1. The zero-order valence-electron chi connectivity index (χ0n) is 7.46. The van der Waals surface area contributed by atoms with Crippen LogP contribution in [0.1, 0.15) is 25.7 Å². The molecule has 0 atom stereocenters. The highest BCUT2D eigenvalue weighted by Gasteiger charge is 2.08. The van der Waals surface area contributed by atoms with Gasteiger partial charge in [0.25, 0.3) is 0 Å². The van der Waals surface area contributed by atoms with Gasteiger partial charge < -0.3 is 19.8 Å². The molecule has 0 aromatic carbocycles. The molecular weight excluding hydrogens is 211 g/mol. The van der Waals surface area contributed by atoms with E-state index < -0.39 is 13.8 Å². The summed E-state index contributed by atoms with van der Waals surface area (Å²) in [5, 5.41) is 8.47. The number of hydrogen-bond acceptors (Lipinski definition) is 2. The molecule has 0 radical (unpaired) electrons. The lowest BCUT2D eigenvalue weighted by Gasteiger charge is -2.06. The first kappa shape index (κ1) is 13.3. The van der Waals surface area contributed by atoms with Gasteiger partial charge in [0.2, 0.25) is 0 Å². The van der Waals surface area contributed by atoms with Crippen molar-refractivity contribution in [3.05, 3.63) is 11.6 Å². The molecule has 0 aromatic heterocycles. The van der Waals surface area contributed by atoms with E-state index in [0.29, 0.717) is 5.57 Å². The van der Waals surface area contributed by atoms with E-state index in [-0.39, 0.29) is 0 Å². The SMILES string of the molecule is O=C(O)C1=CCCCC1.O=P(O)(O)O. The van der Waals surface area contributed by atoms with Crippen LogP contribution in [0.3, 0.4) is 0 Å². The van der Waals surface area contributed by atoms with Crippen molar-refractivity contribution in [3.8, 4) is 0 Å². The van der Waals surface area contributed by atoms with Gasteiger partial charge in [0.1, 0.15) is 0 Å². The molecule has 7 heteroatoms. The van der Waals surface area contributed by atoms with Gasteiger partial charge in [-0.3, -0.25) is 0 Å². The fourth-order valence-corrected chi connectivity index (χ4v) is 1.03. The third kappa shape index (κ3) is 9.41. The summed E-state index contributed by atoms with van der Waals surface area (Å²) in [5.74, 6) is -0.741. The quantitative estimate of drug-likeness (QED) is 0.486. The fraction of sp³-hybridized carbons (Fsp3) is 0.571. The van der Waals surface area contributed by atoms with Gasteiger partial charge in [-0.05, 0) is 25.7 Å². The third-order valence-electron chi connectivity index (χ3n) is 1.57. The van der Waals surface area contributed by atoms with Crippen molar-refractivity contribution < 1.29 is 29.1 Å². The maximum absolute atomic E-state index is 10.3. The van der Waals surface area contributed by atoms with E-state index in [1.54, 1.807) is 0 Å². The Labute approximate surface area is 81.1 Å². The molecular formula is C7H13O6P. The number of rotatable bonds is 1. The molecule has 0 saturated heterocycles. The molecule has 0 unspecified atom stereocenters. The molecule has 0 spiro atoms. The van der Waals surface area contributed by atoms with Crippen LogP contribution in [0.15, 0.2) is 11.6 Å². The lowest BCUT2D eigenvalue weighted by molar-refractivity contribution is -0.132. The van der Waals surface area contributed by atoms with Crippen molar-refractivity contribution >= 4 is 13.8 Å². The largest absolute Gasteiger partial charge is 0.478 e. The molecule has 0 saturated carbocycles. The molecule has 82 valence electrons. The van der Waals surface area contributed by atoms with Gasteiger partial charge in [-0.2, -0.15) is 0 Å². The summed E-state index contributed by atoms with van der Waals surface area (Å²) < 4.78 is 8.88. The second-order valence-electron chi connectivity index (χ2n) is 2.79.